The van der Waals surface area contributed by atoms with Crippen LogP contribution in [0.15, 0.2) is 11.8 Å². The lowest BCUT2D eigenvalue weighted by atomic mass is 10.0. The Labute approximate surface area is 93.7 Å². The van der Waals surface area contributed by atoms with E-state index in [1.54, 1.807) is 6.92 Å². The van der Waals surface area contributed by atoms with Crippen LogP contribution in [0.25, 0.3) is 0 Å². The average Bonchev–Trinajstić information content (AvgIpc) is 2.17. The Morgan fingerprint density at radius 3 is 2.53 bits per heavy atom. The van der Waals surface area contributed by atoms with Gasteiger partial charge in [-0.25, -0.2) is 0 Å². The van der Waals surface area contributed by atoms with Gasteiger partial charge in [0.05, 0.1) is 0 Å². The Morgan fingerprint density at radius 2 is 2.00 bits per heavy atom. The number of hydrogen-bond donors (Lipinski definition) is 0. The fraction of sp³-hybridized carbons (Fsp3) is 0.769. The summed E-state index contributed by atoms with van der Waals surface area (Å²) in [6, 6.07) is 0. The first-order chi connectivity index (χ1) is 7.10. The first-order valence-electron chi connectivity index (χ1n) is 5.99. The molecule has 0 radical (unpaired) electrons. The molecule has 88 valence electrons. The van der Waals surface area contributed by atoms with Crippen LogP contribution in [0.5, 0.6) is 0 Å². The van der Waals surface area contributed by atoms with Crippen LogP contribution < -0.4 is 0 Å². The quantitative estimate of drug-likeness (QED) is 0.361. The van der Waals surface area contributed by atoms with Crippen LogP contribution in [-0.4, -0.2) is 5.97 Å². The van der Waals surface area contributed by atoms with Crippen LogP contribution >= 0.6 is 0 Å². The highest BCUT2D eigenvalue weighted by Gasteiger charge is 2.03. The number of hydrogen-bond acceptors (Lipinski definition) is 2. The molecular formula is C13H24O2. The second-order valence-corrected chi connectivity index (χ2v) is 4.08. The number of rotatable bonds is 7. The minimum atomic E-state index is -0.149. The molecule has 0 N–H and O–H groups in total. The molecule has 0 fully saturated rings. The third kappa shape index (κ3) is 8.22. The van der Waals surface area contributed by atoms with Gasteiger partial charge in [0, 0.05) is 6.42 Å². The SMILES string of the molecule is CCCCCC(C)/C=C(/C)OC(=O)CC. The third-order valence-electron chi connectivity index (χ3n) is 2.35. The molecule has 0 bridgehead atoms. The number of ether oxygens (including phenoxy) is 1. The van der Waals surface area contributed by atoms with Crippen molar-refractivity contribution in [2.24, 2.45) is 5.92 Å². The molecule has 0 aromatic heterocycles. The lowest BCUT2D eigenvalue weighted by molar-refractivity contribution is -0.139. The summed E-state index contributed by atoms with van der Waals surface area (Å²) in [6.45, 7) is 8.03. The van der Waals surface area contributed by atoms with Gasteiger partial charge in [0.15, 0.2) is 0 Å². The van der Waals surface area contributed by atoms with Crippen LogP contribution in [0.3, 0.4) is 0 Å². The minimum absolute atomic E-state index is 0.149. The van der Waals surface area contributed by atoms with Crippen molar-refractivity contribution in [2.45, 2.75) is 59.8 Å². The van der Waals surface area contributed by atoms with Crippen LogP contribution in [0.1, 0.15) is 59.8 Å². The van der Waals surface area contributed by atoms with Gasteiger partial charge in [-0.1, -0.05) is 40.0 Å². The zero-order chi connectivity index (χ0) is 11.7. The van der Waals surface area contributed by atoms with E-state index < -0.39 is 0 Å². The molecule has 0 saturated heterocycles. The number of allylic oxidation sites excluding steroid dienone is 2. The Bertz CT molecular complexity index is 207. The fourth-order valence-electron chi connectivity index (χ4n) is 1.49. The molecule has 0 rings (SSSR count). The van der Waals surface area contributed by atoms with Crippen molar-refractivity contribution < 1.29 is 9.53 Å². The predicted molar refractivity (Wildman–Crippen MR) is 63.4 cm³/mol. The molecule has 0 aliphatic rings. The first kappa shape index (κ1) is 14.2. The van der Waals surface area contributed by atoms with Gasteiger partial charge in [-0.15, -0.1) is 0 Å². The molecule has 0 spiro atoms. The predicted octanol–water partition coefficient (Wildman–Crippen LogP) is 4.06. The zero-order valence-electron chi connectivity index (χ0n) is 10.5. The highest BCUT2D eigenvalue weighted by atomic mass is 16.5. The standard InChI is InChI=1S/C13H24O2/c1-5-7-8-9-11(3)10-12(4)15-13(14)6-2/h10-11H,5-9H2,1-4H3/b12-10-. The lowest BCUT2D eigenvalue weighted by Gasteiger charge is -2.08. The van der Waals surface area contributed by atoms with Gasteiger partial charge in [-0.3, -0.25) is 4.79 Å². The van der Waals surface area contributed by atoms with E-state index in [0.717, 1.165) is 5.76 Å². The van der Waals surface area contributed by atoms with Crippen LogP contribution in [0.4, 0.5) is 0 Å². The summed E-state index contributed by atoms with van der Waals surface area (Å²) in [5, 5.41) is 0. The molecule has 0 saturated carbocycles. The van der Waals surface area contributed by atoms with Gasteiger partial charge in [0.2, 0.25) is 0 Å². The summed E-state index contributed by atoms with van der Waals surface area (Å²) < 4.78 is 5.10. The van der Waals surface area contributed by atoms with Gasteiger partial charge in [-0.05, 0) is 25.3 Å². The summed E-state index contributed by atoms with van der Waals surface area (Å²) >= 11 is 0. The molecule has 2 nitrogen and oxygen atoms in total. The highest BCUT2D eigenvalue weighted by molar-refractivity contribution is 5.70. The summed E-state index contributed by atoms with van der Waals surface area (Å²) in [5.41, 5.74) is 0. The van der Waals surface area contributed by atoms with Crippen molar-refractivity contribution in [2.75, 3.05) is 0 Å². The van der Waals surface area contributed by atoms with E-state index in [2.05, 4.69) is 13.8 Å². The number of esters is 1. The molecule has 0 aliphatic heterocycles. The van der Waals surface area contributed by atoms with E-state index in [0.29, 0.717) is 12.3 Å². The van der Waals surface area contributed by atoms with Gasteiger partial charge in [0.1, 0.15) is 5.76 Å². The van der Waals surface area contributed by atoms with Crippen molar-refractivity contribution in [1.29, 1.82) is 0 Å². The van der Waals surface area contributed by atoms with Crippen molar-refractivity contribution >= 4 is 5.97 Å². The summed E-state index contributed by atoms with van der Waals surface area (Å²) in [6.07, 6.45) is 7.45. The summed E-state index contributed by atoms with van der Waals surface area (Å²) in [5.74, 6) is 1.09. The molecular weight excluding hydrogens is 188 g/mol. The van der Waals surface area contributed by atoms with Gasteiger partial charge >= 0.3 is 5.97 Å². The van der Waals surface area contributed by atoms with Crippen molar-refractivity contribution in [1.82, 2.24) is 0 Å². The molecule has 0 heterocycles. The molecule has 1 unspecified atom stereocenters. The second-order valence-electron chi connectivity index (χ2n) is 4.08. The van der Waals surface area contributed by atoms with Gasteiger partial charge in [-0.2, -0.15) is 0 Å². The summed E-state index contributed by atoms with van der Waals surface area (Å²) in [4.78, 5) is 11.0. The Balaban J connectivity index is 3.83. The number of unbranched alkanes of at least 4 members (excludes halogenated alkanes) is 2. The van der Waals surface area contributed by atoms with Crippen LogP contribution in [0.2, 0.25) is 0 Å². The zero-order valence-corrected chi connectivity index (χ0v) is 10.5. The first-order valence-corrected chi connectivity index (χ1v) is 5.99. The van der Waals surface area contributed by atoms with Crippen molar-refractivity contribution in [3.63, 3.8) is 0 Å². The molecule has 0 amide bonds. The van der Waals surface area contributed by atoms with E-state index in [1.165, 1.54) is 25.7 Å². The fourth-order valence-corrected chi connectivity index (χ4v) is 1.49. The average molecular weight is 212 g/mol. The van der Waals surface area contributed by atoms with Crippen LogP contribution in [-0.2, 0) is 9.53 Å². The molecule has 0 aromatic carbocycles. The Kier molecular flexibility index (Phi) is 8.06. The van der Waals surface area contributed by atoms with E-state index in [9.17, 15) is 4.79 Å². The normalized spacial score (nSPS) is 13.7. The Hall–Kier alpha value is -0.790. The minimum Gasteiger partial charge on any atom is -0.432 e. The molecule has 0 aromatic rings. The third-order valence-corrected chi connectivity index (χ3v) is 2.35. The van der Waals surface area contributed by atoms with E-state index >= 15 is 0 Å². The topological polar surface area (TPSA) is 26.3 Å². The maximum absolute atomic E-state index is 11.0. The molecule has 15 heavy (non-hydrogen) atoms. The Morgan fingerprint density at radius 1 is 1.33 bits per heavy atom. The number of carbonyl (C=O) groups excluding carboxylic acids is 1. The van der Waals surface area contributed by atoms with E-state index in [1.807, 2.05) is 13.0 Å². The van der Waals surface area contributed by atoms with Crippen LogP contribution in [0, 0.1) is 5.92 Å². The second kappa shape index (κ2) is 8.51. The number of carbonyl (C=O) groups is 1. The smallest absolute Gasteiger partial charge is 0.310 e. The highest BCUT2D eigenvalue weighted by Crippen LogP contribution is 2.13. The lowest BCUT2D eigenvalue weighted by Crippen LogP contribution is -2.02. The maximum atomic E-state index is 11.0. The summed E-state index contributed by atoms with van der Waals surface area (Å²) in [7, 11) is 0. The monoisotopic (exact) mass is 212 g/mol. The van der Waals surface area contributed by atoms with Crippen molar-refractivity contribution in [3.05, 3.63) is 11.8 Å². The molecule has 0 aliphatic carbocycles. The largest absolute Gasteiger partial charge is 0.432 e. The van der Waals surface area contributed by atoms with Gasteiger partial charge < -0.3 is 4.74 Å². The van der Waals surface area contributed by atoms with E-state index in [4.69, 9.17) is 4.74 Å². The molecule has 1 atom stereocenters. The van der Waals surface area contributed by atoms with Gasteiger partial charge in [0.25, 0.3) is 0 Å². The molecule has 2 heteroatoms. The maximum Gasteiger partial charge on any atom is 0.310 e. The van der Waals surface area contributed by atoms with E-state index in [-0.39, 0.29) is 5.97 Å². The van der Waals surface area contributed by atoms with Crippen molar-refractivity contribution in [3.8, 4) is 0 Å².